The second kappa shape index (κ2) is 9.35. The predicted octanol–water partition coefficient (Wildman–Crippen LogP) is 4.30. The van der Waals surface area contributed by atoms with Gasteiger partial charge in [0.1, 0.15) is 0 Å². The summed E-state index contributed by atoms with van der Waals surface area (Å²) in [7, 11) is 3.60. The Kier molecular flexibility index (Phi) is 6.35. The van der Waals surface area contributed by atoms with E-state index >= 15 is 0 Å². The largest absolute Gasteiger partial charge is 0.348 e. The number of piperidine rings is 1. The lowest BCUT2D eigenvalue weighted by Gasteiger charge is -2.43. The summed E-state index contributed by atoms with van der Waals surface area (Å²) in [6.07, 6.45) is 5.77. The molecule has 1 aliphatic heterocycles. The lowest BCUT2D eigenvalue weighted by atomic mass is 9.73. The lowest BCUT2D eigenvalue weighted by Crippen LogP contribution is -2.54. The highest BCUT2D eigenvalue weighted by Gasteiger charge is 2.44. The number of aromatic nitrogens is 1. The Hall–Kier alpha value is -3.47. The fraction of sp³-hybridized carbons (Fsp3) is 0.296. The quantitative estimate of drug-likeness (QED) is 0.610. The monoisotopic (exact) mass is 427 g/mol. The van der Waals surface area contributed by atoms with E-state index in [0.29, 0.717) is 25.1 Å². The molecule has 2 heterocycles. The molecule has 0 radical (unpaired) electrons. The molecule has 1 unspecified atom stereocenters. The third-order valence-corrected chi connectivity index (χ3v) is 6.21. The zero-order chi connectivity index (χ0) is 22.6. The van der Waals surface area contributed by atoms with Gasteiger partial charge in [-0.3, -0.25) is 14.6 Å². The minimum atomic E-state index is -0.639. The van der Waals surface area contributed by atoms with Gasteiger partial charge in [-0.1, -0.05) is 48.5 Å². The number of rotatable bonds is 5. The topological polar surface area (TPSA) is 53.5 Å². The first-order chi connectivity index (χ1) is 15.5. The molecule has 2 amide bonds. The number of pyridine rings is 1. The van der Waals surface area contributed by atoms with E-state index < -0.39 is 5.41 Å². The molecule has 4 rings (SSSR count). The first-order valence-electron chi connectivity index (χ1n) is 11.0. The Labute approximate surface area is 189 Å². The van der Waals surface area contributed by atoms with Crippen molar-refractivity contribution in [2.45, 2.75) is 19.3 Å². The summed E-state index contributed by atoms with van der Waals surface area (Å²) < 4.78 is 0. The third-order valence-electron chi connectivity index (χ3n) is 6.21. The maximum atomic E-state index is 13.5. The van der Waals surface area contributed by atoms with Gasteiger partial charge in [0.05, 0.1) is 5.41 Å². The molecule has 0 N–H and O–H groups in total. The SMILES string of the molecule is CN(C)C(=O)C1(Cc2cccc(-c3cccnc3)c2)CCCN(C(=O)c2ccccc2)C1. The molecule has 0 spiro atoms. The molecular formula is C27H29N3O2. The summed E-state index contributed by atoms with van der Waals surface area (Å²) in [5.74, 6) is 0.0696. The van der Waals surface area contributed by atoms with E-state index in [1.165, 1.54) is 0 Å². The highest BCUT2D eigenvalue weighted by atomic mass is 16.2. The maximum Gasteiger partial charge on any atom is 0.253 e. The van der Waals surface area contributed by atoms with Gasteiger partial charge < -0.3 is 9.80 Å². The van der Waals surface area contributed by atoms with Crippen LogP contribution in [0.4, 0.5) is 0 Å². The van der Waals surface area contributed by atoms with Gasteiger partial charge in [0.2, 0.25) is 5.91 Å². The predicted molar refractivity (Wildman–Crippen MR) is 126 cm³/mol. The standard InChI is InChI=1S/C27H29N3O2/c1-29(2)26(32)27(14-8-16-30(20-27)25(31)22-10-4-3-5-11-22)18-21-9-6-12-23(17-21)24-13-7-15-28-19-24/h3-7,9-13,15,17,19H,8,14,16,18,20H2,1-2H3. The lowest BCUT2D eigenvalue weighted by molar-refractivity contribution is -0.142. The summed E-state index contributed by atoms with van der Waals surface area (Å²) in [5.41, 5.74) is 3.25. The van der Waals surface area contributed by atoms with E-state index in [4.69, 9.17) is 0 Å². The van der Waals surface area contributed by atoms with Crippen LogP contribution < -0.4 is 0 Å². The van der Waals surface area contributed by atoms with Crippen molar-refractivity contribution in [2.24, 2.45) is 5.41 Å². The van der Waals surface area contributed by atoms with Crippen molar-refractivity contribution in [3.63, 3.8) is 0 Å². The van der Waals surface area contributed by atoms with Crippen LogP contribution in [-0.2, 0) is 11.2 Å². The van der Waals surface area contributed by atoms with Crippen LogP contribution in [0.1, 0.15) is 28.8 Å². The Morgan fingerprint density at radius 3 is 2.50 bits per heavy atom. The van der Waals surface area contributed by atoms with Gasteiger partial charge in [-0.15, -0.1) is 0 Å². The first kappa shape index (κ1) is 21.8. The van der Waals surface area contributed by atoms with Gasteiger partial charge >= 0.3 is 0 Å². The molecular weight excluding hydrogens is 398 g/mol. The average molecular weight is 428 g/mol. The summed E-state index contributed by atoms with van der Waals surface area (Å²) in [6.45, 7) is 1.10. The van der Waals surface area contributed by atoms with Crippen molar-refractivity contribution in [3.8, 4) is 11.1 Å². The summed E-state index contributed by atoms with van der Waals surface area (Å²) in [6, 6.07) is 21.6. The van der Waals surface area contributed by atoms with Crippen molar-refractivity contribution < 1.29 is 9.59 Å². The van der Waals surface area contributed by atoms with Crippen molar-refractivity contribution in [3.05, 3.63) is 90.3 Å². The van der Waals surface area contributed by atoms with E-state index in [1.807, 2.05) is 59.6 Å². The van der Waals surface area contributed by atoms with Crippen LogP contribution in [0.3, 0.4) is 0 Å². The van der Waals surface area contributed by atoms with Gasteiger partial charge in [-0.25, -0.2) is 0 Å². The third kappa shape index (κ3) is 4.57. The van der Waals surface area contributed by atoms with Gasteiger partial charge in [0.15, 0.2) is 0 Å². The molecule has 164 valence electrons. The zero-order valence-corrected chi connectivity index (χ0v) is 18.7. The Balaban J connectivity index is 1.64. The van der Waals surface area contributed by atoms with Gasteiger partial charge in [0, 0.05) is 45.1 Å². The van der Waals surface area contributed by atoms with Gasteiger partial charge in [-0.2, -0.15) is 0 Å². The fourth-order valence-corrected chi connectivity index (χ4v) is 4.72. The van der Waals surface area contributed by atoms with Crippen LogP contribution in [0.2, 0.25) is 0 Å². The molecule has 1 aromatic heterocycles. The fourth-order valence-electron chi connectivity index (χ4n) is 4.72. The number of hydrogen-bond acceptors (Lipinski definition) is 3. The van der Waals surface area contributed by atoms with Crippen LogP contribution in [0.15, 0.2) is 79.1 Å². The van der Waals surface area contributed by atoms with E-state index in [1.54, 1.807) is 25.2 Å². The summed E-state index contributed by atoms with van der Waals surface area (Å²) in [5, 5.41) is 0. The van der Waals surface area contributed by atoms with Crippen LogP contribution in [-0.4, -0.2) is 53.8 Å². The van der Waals surface area contributed by atoms with Crippen LogP contribution in [0.25, 0.3) is 11.1 Å². The molecule has 1 atom stereocenters. The number of benzene rings is 2. The normalized spacial score (nSPS) is 18.2. The molecule has 0 saturated carbocycles. The van der Waals surface area contributed by atoms with Crippen molar-refractivity contribution >= 4 is 11.8 Å². The molecule has 5 heteroatoms. The number of likely N-dealkylation sites (tertiary alicyclic amines) is 1. The molecule has 2 aromatic carbocycles. The molecule has 0 bridgehead atoms. The molecule has 0 aliphatic carbocycles. The van der Waals surface area contributed by atoms with E-state index in [-0.39, 0.29) is 11.8 Å². The molecule has 5 nitrogen and oxygen atoms in total. The van der Waals surface area contributed by atoms with Crippen LogP contribution in [0, 0.1) is 5.41 Å². The van der Waals surface area contributed by atoms with Gasteiger partial charge in [-0.05, 0) is 54.2 Å². The number of carbonyl (C=O) groups excluding carboxylic acids is 2. The number of carbonyl (C=O) groups is 2. The number of nitrogens with zero attached hydrogens (tertiary/aromatic N) is 3. The highest BCUT2D eigenvalue weighted by Crippen LogP contribution is 2.37. The van der Waals surface area contributed by atoms with E-state index in [0.717, 1.165) is 29.5 Å². The maximum absolute atomic E-state index is 13.5. The van der Waals surface area contributed by atoms with Crippen LogP contribution in [0.5, 0.6) is 0 Å². The van der Waals surface area contributed by atoms with Crippen LogP contribution >= 0.6 is 0 Å². The number of hydrogen-bond donors (Lipinski definition) is 0. The first-order valence-corrected chi connectivity index (χ1v) is 11.0. The van der Waals surface area contributed by atoms with Crippen molar-refractivity contribution in [1.29, 1.82) is 0 Å². The molecule has 3 aromatic rings. The second-order valence-corrected chi connectivity index (χ2v) is 8.80. The average Bonchev–Trinajstić information content (AvgIpc) is 2.84. The zero-order valence-electron chi connectivity index (χ0n) is 18.7. The molecule has 1 fully saturated rings. The molecule has 32 heavy (non-hydrogen) atoms. The summed E-state index contributed by atoms with van der Waals surface area (Å²) >= 11 is 0. The molecule has 1 saturated heterocycles. The highest BCUT2D eigenvalue weighted by molar-refractivity contribution is 5.95. The minimum Gasteiger partial charge on any atom is -0.348 e. The minimum absolute atomic E-state index is 0.00894. The smallest absolute Gasteiger partial charge is 0.253 e. The second-order valence-electron chi connectivity index (χ2n) is 8.80. The Bertz CT molecular complexity index is 1080. The Morgan fingerprint density at radius 2 is 1.78 bits per heavy atom. The van der Waals surface area contributed by atoms with E-state index in [2.05, 4.69) is 23.2 Å². The molecule has 1 aliphatic rings. The van der Waals surface area contributed by atoms with Gasteiger partial charge in [0.25, 0.3) is 5.91 Å². The van der Waals surface area contributed by atoms with Crippen molar-refractivity contribution in [1.82, 2.24) is 14.8 Å². The van der Waals surface area contributed by atoms with Crippen molar-refractivity contribution in [2.75, 3.05) is 27.2 Å². The van der Waals surface area contributed by atoms with E-state index in [9.17, 15) is 9.59 Å². The summed E-state index contributed by atoms with van der Waals surface area (Å²) in [4.78, 5) is 34.4. The Morgan fingerprint density at radius 1 is 1.00 bits per heavy atom. The number of amides is 2.